The second kappa shape index (κ2) is 5.39. The third-order valence-electron chi connectivity index (χ3n) is 2.83. The van der Waals surface area contributed by atoms with Crippen LogP contribution in [-0.4, -0.2) is 25.8 Å². The summed E-state index contributed by atoms with van der Waals surface area (Å²) in [5, 5.41) is 26.7. The number of aryl methyl sites for hydroxylation is 1. The summed E-state index contributed by atoms with van der Waals surface area (Å²) in [6, 6.07) is 5.47. The fraction of sp³-hybridized carbons (Fsp3) is 0.167. The first kappa shape index (κ1) is 13.5. The summed E-state index contributed by atoms with van der Waals surface area (Å²) in [5.41, 5.74) is 0.791. The zero-order valence-corrected chi connectivity index (χ0v) is 10.6. The Kier molecular flexibility index (Phi) is 3.65. The van der Waals surface area contributed by atoms with Crippen molar-refractivity contribution in [2.75, 3.05) is 5.32 Å². The van der Waals surface area contributed by atoms with Crippen molar-refractivity contribution in [2.45, 2.75) is 6.54 Å². The van der Waals surface area contributed by atoms with Crippen molar-refractivity contribution in [1.82, 2.24) is 9.78 Å². The van der Waals surface area contributed by atoms with E-state index in [0.717, 1.165) is 11.8 Å². The van der Waals surface area contributed by atoms with Crippen LogP contribution in [0.4, 0.5) is 11.4 Å². The summed E-state index contributed by atoms with van der Waals surface area (Å²) in [5.74, 6) is -1.22. The van der Waals surface area contributed by atoms with Crippen molar-refractivity contribution in [3.63, 3.8) is 0 Å². The molecule has 2 aromatic rings. The molecule has 0 aliphatic heterocycles. The SMILES string of the molecule is Cn1nccc1CNc1ccc([N+](=O)[O-])cc1C(=O)O. The fourth-order valence-electron chi connectivity index (χ4n) is 1.74. The number of nitro benzene ring substituents is 1. The maximum Gasteiger partial charge on any atom is 0.338 e. The van der Waals surface area contributed by atoms with Gasteiger partial charge in [-0.05, 0) is 12.1 Å². The second-order valence-electron chi connectivity index (χ2n) is 4.09. The molecular formula is C12H12N4O4. The van der Waals surface area contributed by atoms with Crippen LogP contribution in [0.1, 0.15) is 16.1 Å². The molecule has 2 rings (SSSR count). The molecule has 1 aromatic carbocycles. The second-order valence-corrected chi connectivity index (χ2v) is 4.09. The first-order valence-corrected chi connectivity index (χ1v) is 5.71. The Bertz CT molecular complexity index is 665. The van der Waals surface area contributed by atoms with E-state index in [1.165, 1.54) is 12.1 Å². The molecule has 8 heteroatoms. The summed E-state index contributed by atoms with van der Waals surface area (Å²) in [6.45, 7) is 0.370. The van der Waals surface area contributed by atoms with Crippen LogP contribution in [0, 0.1) is 10.1 Å². The van der Waals surface area contributed by atoms with Crippen molar-refractivity contribution >= 4 is 17.3 Å². The number of carboxylic acids is 1. The molecule has 0 radical (unpaired) electrons. The van der Waals surface area contributed by atoms with Crippen LogP contribution >= 0.6 is 0 Å². The van der Waals surface area contributed by atoms with Gasteiger partial charge in [-0.1, -0.05) is 0 Å². The average Bonchev–Trinajstić information content (AvgIpc) is 2.81. The molecule has 8 nitrogen and oxygen atoms in total. The Labute approximate surface area is 113 Å². The van der Waals surface area contributed by atoms with Gasteiger partial charge in [0.05, 0.1) is 22.7 Å². The lowest BCUT2D eigenvalue weighted by Gasteiger charge is -2.09. The zero-order chi connectivity index (χ0) is 14.7. The van der Waals surface area contributed by atoms with Gasteiger partial charge in [0.1, 0.15) is 0 Å². The maximum atomic E-state index is 11.1. The summed E-state index contributed by atoms with van der Waals surface area (Å²) in [7, 11) is 1.77. The number of carbonyl (C=O) groups is 1. The molecule has 2 N–H and O–H groups in total. The van der Waals surface area contributed by atoms with Gasteiger partial charge in [-0.25, -0.2) is 4.79 Å². The predicted molar refractivity (Wildman–Crippen MR) is 70.6 cm³/mol. The van der Waals surface area contributed by atoms with Crippen LogP contribution in [-0.2, 0) is 13.6 Å². The summed E-state index contributed by atoms with van der Waals surface area (Å²) in [6.07, 6.45) is 1.63. The van der Waals surface area contributed by atoms with Gasteiger partial charge in [0.2, 0.25) is 0 Å². The van der Waals surface area contributed by atoms with Crippen molar-refractivity contribution < 1.29 is 14.8 Å². The molecule has 0 bridgehead atoms. The van der Waals surface area contributed by atoms with Crippen LogP contribution in [0.3, 0.4) is 0 Å². The van der Waals surface area contributed by atoms with E-state index in [0.29, 0.717) is 12.2 Å². The number of aromatic nitrogens is 2. The standard InChI is InChI=1S/C12H12N4O4/c1-15-9(4-5-14-15)7-13-11-3-2-8(16(19)20)6-10(11)12(17)18/h2-6,13H,7H2,1H3,(H,17,18). The first-order valence-electron chi connectivity index (χ1n) is 5.71. The molecule has 20 heavy (non-hydrogen) atoms. The summed E-state index contributed by atoms with van der Waals surface area (Å²) < 4.78 is 1.65. The van der Waals surface area contributed by atoms with E-state index in [9.17, 15) is 14.9 Å². The van der Waals surface area contributed by atoms with E-state index in [1.54, 1.807) is 24.0 Å². The molecule has 104 valence electrons. The number of anilines is 1. The number of non-ortho nitro benzene ring substituents is 1. The van der Waals surface area contributed by atoms with Gasteiger partial charge >= 0.3 is 5.97 Å². The Morgan fingerprint density at radius 3 is 2.80 bits per heavy atom. The molecule has 0 fully saturated rings. The van der Waals surface area contributed by atoms with Crippen molar-refractivity contribution in [3.8, 4) is 0 Å². The first-order chi connectivity index (χ1) is 9.49. The molecule has 1 heterocycles. The van der Waals surface area contributed by atoms with E-state index in [2.05, 4.69) is 10.4 Å². The van der Waals surface area contributed by atoms with Crippen LogP contribution in [0.2, 0.25) is 0 Å². The number of nitro groups is 1. The van der Waals surface area contributed by atoms with Crippen molar-refractivity contribution in [2.24, 2.45) is 7.05 Å². The summed E-state index contributed by atoms with van der Waals surface area (Å²) >= 11 is 0. The minimum Gasteiger partial charge on any atom is -0.478 e. The third-order valence-corrected chi connectivity index (χ3v) is 2.83. The maximum absolute atomic E-state index is 11.1. The van der Waals surface area contributed by atoms with E-state index >= 15 is 0 Å². The molecule has 0 spiro atoms. The lowest BCUT2D eigenvalue weighted by molar-refractivity contribution is -0.384. The van der Waals surface area contributed by atoms with Gasteiger partial charge in [0.15, 0.2) is 0 Å². The molecule has 0 aliphatic carbocycles. The number of hydrogen-bond acceptors (Lipinski definition) is 5. The average molecular weight is 276 g/mol. The Hall–Kier alpha value is -2.90. The molecule has 0 amide bonds. The lowest BCUT2D eigenvalue weighted by atomic mass is 10.1. The topological polar surface area (TPSA) is 110 Å². The van der Waals surface area contributed by atoms with E-state index in [4.69, 9.17) is 5.11 Å². The van der Waals surface area contributed by atoms with Crippen molar-refractivity contribution in [1.29, 1.82) is 0 Å². The van der Waals surface area contributed by atoms with Crippen LogP contribution < -0.4 is 5.32 Å². The van der Waals surface area contributed by atoms with Gasteiger partial charge in [0.25, 0.3) is 5.69 Å². The van der Waals surface area contributed by atoms with Gasteiger partial charge in [-0.2, -0.15) is 5.10 Å². The van der Waals surface area contributed by atoms with Crippen LogP contribution in [0.5, 0.6) is 0 Å². The highest BCUT2D eigenvalue weighted by Crippen LogP contribution is 2.22. The Morgan fingerprint density at radius 1 is 1.50 bits per heavy atom. The monoisotopic (exact) mass is 276 g/mol. The number of carboxylic acid groups (broad SMARTS) is 1. The van der Waals surface area contributed by atoms with Gasteiger partial charge in [-0.3, -0.25) is 14.8 Å². The molecule has 0 unspecified atom stereocenters. The minimum atomic E-state index is -1.22. The van der Waals surface area contributed by atoms with E-state index < -0.39 is 10.9 Å². The summed E-state index contributed by atoms with van der Waals surface area (Å²) in [4.78, 5) is 21.2. The number of rotatable bonds is 5. The molecule has 0 aliphatic rings. The lowest BCUT2D eigenvalue weighted by Crippen LogP contribution is -2.09. The highest BCUT2D eigenvalue weighted by atomic mass is 16.6. The normalized spacial score (nSPS) is 10.2. The predicted octanol–water partition coefficient (Wildman–Crippen LogP) is 1.64. The van der Waals surface area contributed by atoms with Gasteiger partial charge < -0.3 is 10.4 Å². The molecule has 0 saturated carbocycles. The Morgan fingerprint density at radius 2 is 2.25 bits per heavy atom. The molecule has 0 saturated heterocycles. The molecule has 0 atom stereocenters. The Balaban J connectivity index is 2.25. The number of nitrogens with one attached hydrogen (secondary N) is 1. The number of hydrogen-bond donors (Lipinski definition) is 2. The molecule has 1 aromatic heterocycles. The van der Waals surface area contributed by atoms with Crippen LogP contribution in [0.25, 0.3) is 0 Å². The molecular weight excluding hydrogens is 264 g/mol. The highest BCUT2D eigenvalue weighted by Gasteiger charge is 2.16. The zero-order valence-electron chi connectivity index (χ0n) is 10.6. The number of nitrogens with zero attached hydrogens (tertiary/aromatic N) is 3. The smallest absolute Gasteiger partial charge is 0.338 e. The van der Waals surface area contributed by atoms with Gasteiger partial charge in [0, 0.05) is 31.1 Å². The highest BCUT2D eigenvalue weighted by molar-refractivity contribution is 5.95. The van der Waals surface area contributed by atoms with E-state index in [-0.39, 0.29) is 11.3 Å². The van der Waals surface area contributed by atoms with Gasteiger partial charge in [-0.15, -0.1) is 0 Å². The quantitative estimate of drug-likeness (QED) is 0.634. The fourth-order valence-corrected chi connectivity index (χ4v) is 1.74. The van der Waals surface area contributed by atoms with Crippen LogP contribution in [0.15, 0.2) is 30.5 Å². The van der Waals surface area contributed by atoms with E-state index in [1.807, 2.05) is 0 Å². The van der Waals surface area contributed by atoms with Crippen molar-refractivity contribution in [3.05, 3.63) is 51.8 Å². The largest absolute Gasteiger partial charge is 0.478 e. The third kappa shape index (κ3) is 2.74. The number of benzene rings is 1. The number of aromatic carboxylic acids is 1. The minimum absolute atomic E-state index is 0.138.